The molecule has 1 N–H and O–H groups in total. The second-order valence-corrected chi connectivity index (χ2v) is 10.6. The van der Waals surface area contributed by atoms with Gasteiger partial charge in [0, 0.05) is 5.56 Å². The molecule has 2 aromatic carbocycles. The van der Waals surface area contributed by atoms with Crippen molar-refractivity contribution < 1.29 is 9.90 Å². The molecule has 0 aliphatic carbocycles. The van der Waals surface area contributed by atoms with Crippen LogP contribution >= 0.6 is 6.04 Å². The number of aromatic hydroxyl groups is 1. The number of hydrogen-bond acceptors (Lipinski definition) is 3. The standard InChI is InChI=1S/C22H23O2PS/c1-5-6-8-11-18(4)25(26,20-12-9-7-10-13-20)22(24)21-16(2)14-19(23)15-17(21)3/h5-15,23H,1H2,2-4H3/b8-6-,18-11+. The van der Waals surface area contributed by atoms with E-state index in [2.05, 4.69) is 6.58 Å². The molecule has 26 heavy (non-hydrogen) atoms. The third-order valence-corrected chi connectivity index (χ3v) is 9.18. The van der Waals surface area contributed by atoms with Crippen LogP contribution < -0.4 is 5.30 Å². The molecular formula is C22H23O2PS. The highest BCUT2D eigenvalue weighted by atomic mass is 32.4. The Kier molecular flexibility index (Phi) is 6.52. The molecule has 0 spiro atoms. The first-order chi connectivity index (χ1) is 12.3. The lowest BCUT2D eigenvalue weighted by atomic mass is 10.0. The summed E-state index contributed by atoms with van der Waals surface area (Å²) in [6.07, 6.45) is 7.26. The van der Waals surface area contributed by atoms with Crippen molar-refractivity contribution in [2.75, 3.05) is 0 Å². The van der Waals surface area contributed by atoms with Gasteiger partial charge in [-0.3, -0.25) is 4.79 Å². The summed E-state index contributed by atoms with van der Waals surface area (Å²) in [7, 11) is 0. The largest absolute Gasteiger partial charge is 0.508 e. The molecule has 0 aromatic heterocycles. The molecule has 4 heteroatoms. The lowest BCUT2D eigenvalue weighted by molar-refractivity contribution is 0.108. The summed E-state index contributed by atoms with van der Waals surface area (Å²) in [5.41, 5.74) is 2.05. The summed E-state index contributed by atoms with van der Waals surface area (Å²) in [4.78, 5) is 13.7. The quantitative estimate of drug-likeness (QED) is 0.522. The van der Waals surface area contributed by atoms with Crippen LogP contribution in [0, 0.1) is 13.8 Å². The molecule has 0 aliphatic rings. The van der Waals surface area contributed by atoms with E-state index in [0.29, 0.717) is 5.56 Å². The Hall–Kier alpha value is -2.22. The first-order valence-corrected chi connectivity index (χ1v) is 11.1. The van der Waals surface area contributed by atoms with Gasteiger partial charge < -0.3 is 5.11 Å². The van der Waals surface area contributed by atoms with Crippen LogP contribution in [0.25, 0.3) is 0 Å². The van der Waals surface area contributed by atoms with Crippen LogP contribution in [-0.2, 0) is 11.8 Å². The maximum absolute atomic E-state index is 13.7. The number of hydrogen-bond donors (Lipinski definition) is 1. The highest BCUT2D eigenvalue weighted by Gasteiger charge is 2.33. The molecular weight excluding hydrogens is 359 g/mol. The zero-order valence-electron chi connectivity index (χ0n) is 15.3. The number of carbonyl (C=O) groups excluding carboxylic acids is 1. The van der Waals surface area contributed by atoms with Gasteiger partial charge in [0.15, 0.2) is 0 Å². The van der Waals surface area contributed by atoms with Crippen molar-refractivity contribution in [3.8, 4) is 5.75 Å². The average molecular weight is 382 g/mol. The van der Waals surface area contributed by atoms with Crippen molar-refractivity contribution >= 4 is 28.7 Å². The van der Waals surface area contributed by atoms with E-state index in [1.54, 1.807) is 18.2 Å². The van der Waals surface area contributed by atoms with Gasteiger partial charge in [0.1, 0.15) is 5.75 Å². The minimum absolute atomic E-state index is 0.0468. The van der Waals surface area contributed by atoms with Crippen LogP contribution in [0.1, 0.15) is 28.4 Å². The van der Waals surface area contributed by atoms with Crippen LogP contribution in [-0.4, -0.2) is 10.6 Å². The van der Waals surface area contributed by atoms with Crippen LogP contribution in [0.15, 0.2) is 78.7 Å². The molecule has 0 aliphatic heterocycles. The second-order valence-electron chi connectivity index (χ2n) is 6.13. The summed E-state index contributed by atoms with van der Waals surface area (Å²) in [6, 6.07) is 10.1. The number of rotatable bonds is 6. The fourth-order valence-corrected chi connectivity index (χ4v) is 6.27. The Morgan fingerprint density at radius 1 is 1.12 bits per heavy atom. The minimum Gasteiger partial charge on any atom is -0.508 e. The van der Waals surface area contributed by atoms with Gasteiger partial charge in [-0.25, -0.2) is 0 Å². The summed E-state index contributed by atoms with van der Waals surface area (Å²) in [5, 5.41) is 11.6. The number of aryl methyl sites for hydroxylation is 2. The van der Waals surface area contributed by atoms with E-state index in [4.69, 9.17) is 11.8 Å². The highest BCUT2D eigenvalue weighted by molar-refractivity contribution is 8.28. The maximum Gasteiger partial charge on any atom is 0.202 e. The number of phenols is 1. The Morgan fingerprint density at radius 3 is 2.23 bits per heavy atom. The van der Waals surface area contributed by atoms with E-state index in [1.807, 2.05) is 69.3 Å². The molecule has 0 heterocycles. The molecule has 2 rings (SSSR count). The molecule has 0 saturated heterocycles. The Balaban J connectivity index is 2.72. The smallest absolute Gasteiger partial charge is 0.202 e. The van der Waals surface area contributed by atoms with Crippen LogP contribution in [0.4, 0.5) is 0 Å². The average Bonchev–Trinajstić information content (AvgIpc) is 2.60. The van der Waals surface area contributed by atoms with Crippen LogP contribution in [0.2, 0.25) is 0 Å². The molecule has 1 atom stereocenters. The topological polar surface area (TPSA) is 37.3 Å². The van der Waals surface area contributed by atoms with Crippen molar-refractivity contribution in [3.63, 3.8) is 0 Å². The van der Waals surface area contributed by atoms with Gasteiger partial charge in [-0.05, 0) is 54.6 Å². The molecule has 1 unspecified atom stereocenters. The van der Waals surface area contributed by atoms with E-state index < -0.39 is 6.04 Å². The van der Waals surface area contributed by atoms with Crippen molar-refractivity contribution in [1.82, 2.24) is 0 Å². The first kappa shape index (κ1) is 20.1. The minimum atomic E-state index is -2.70. The zero-order chi connectivity index (χ0) is 19.3. The van der Waals surface area contributed by atoms with Crippen molar-refractivity contribution in [1.29, 1.82) is 0 Å². The van der Waals surface area contributed by atoms with E-state index in [0.717, 1.165) is 21.7 Å². The number of phenolic OH excluding ortho intramolecular Hbond substituents is 1. The van der Waals surface area contributed by atoms with E-state index in [9.17, 15) is 9.90 Å². The van der Waals surface area contributed by atoms with Gasteiger partial charge in [-0.2, -0.15) is 0 Å². The summed E-state index contributed by atoms with van der Waals surface area (Å²) >= 11 is 6.07. The van der Waals surface area contributed by atoms with Gasteiger partial charge >= 0.3 is 0 Å². The van der Waals surface area contributed by atoms with E-state index in [1.165, 1.54) is 0 Å². The molecule has 0 bridgehead atoms. The summed E-state index contributed by atoms with van der Waals surface area (Å²) in [5.74, 6) is 0.158. The number of benzene rings is 2. The predicted molar refractivity (Wildman–Crippen MR) is 115 cm³/mol. The molecule has 0 fully saturated rings. The first-order valence-electron chi connectivity index (χ1n) is 8.29. The Bertz CT molecular complexity index is 917. The third kappa shape index (κ3) is 3.95. The lowest BCUT2D eigenvalue weighted by Crippen LogP contribution is -2.15. The van der Waals surface area contributed by atoms with Gasteiger partial charge in [-0.15, -0.1) is 0 Å². The van der Waals surface area contributed by atoms with E-state index >= 15 is 0 Å². The van der Waals surface area contributed by atoms with Gasteiger partial charge in [-0.1, -0.05) is 73.0 Å². The second kappa shape index (κ2) is 8.44. The SMILES string of the molecule is C=C/C=C\C=C(/C)P(=S)(C(=O)c1c(C)cc(O)cc1C)c1ccccc1. The van der Waals surface area contributed by atoms with Crippen LogP contribution in [0.3, 0.4) is 0 Å². The van der Waals surface area contributed by atoms with Gasteiger partial charge in [0.2, 0.25) is 5.52 Å². The van der Waals surface area contributed by atoms with Gasteiger partial charge in [0.05, 0.1) is 6.04 Å². The molecule has 134 valence electrons. The van der Waals surface area contributed by atoms with Crippen molar-refractivity contribution in [2.45, 2.75) is 20.8 Å². The highest BCUT2D eigenvalue weighted by Crippen LogP contribution is 2.56. The zero-order valence-corrected chi connectivity index (χ0v) is 17.0. The maximum atomic E-state index is 13.7. The predicted octanol–water partition coefficient (Wildman–Crippen LogP) is 5.60. The Morgan fingerprint density at radius 2 is 1.69 bits per heavy atom. The van der Waals surface area contributed by atoms with Gasteiger partial charge in [0.25, 0.3) is 0 Å². The monoisotopic (exact) mass is 382 g/mol. The normalized spacial score (nSPS) is 14.2. The van der Waals surface area contributed by atoms with E-state index in [-0.39, 0.29) is 11.3 Å². The molecule has 2 aromatic rings. The van der Waals surface area contributed by atoms with Crippen LogP contribution in [0.5, 0.6) is 5.75 Å². The molecule has 0 amide bonds. The Labute approximate surface area is 160 Å². The fraction of sp³-hybridized carbons (Fsp3) is 0.136. The molecule has 0 saturated carbocycles. The van der Waals surface area contributed by atoms with Crippen molar-refractivity contribution in [3.05, 3.63) is 95.4 Å². The summed E-state index contributed by atoms with van der Waals surface area (Å²) < 4.78 is 0. The third-order valence-electron chi connectivity index (χ3n) is 4.22. The van der Waals surface area contributed by atoms with Crippen molar-refractivity contribution in [2.24, 2.45) is 0 Å². The number of allylic oxidation sites excluding steroid dienone is 5. The fourth-order valence-electron chi connectivity index (χ4n) is 2.93. The summed E-state index contributed by atoms with van der Waals surface area (Å²) in [6.45, 7) is 9.26. The molecule has 0 radical (unpaired) electrons. The number of carbonyl (C=O) groups is 1. The lowest BCUT2D eigenvalue weighted by Gasteiger charge is -2.24. The molecule has 2 nitrogen and oxygen atoms in total.